The molecule has 0 saturated carbocycles. The minimum atomic E-state index is -0.459. The number of hydrogen-bond acceptors (Lipinski definition) is 3. The van der Waals surface area contributed by atoms with Crippen LogP contribution in [0.1, 0.15) is 23.2 Å². The number of hydrogen-bond donors (Lipinski definition) is 2. The fourth-order valence-corrected chi connectivity index (χ4v) is 3.14. The molecule has 27 heavy (non-hydrogen) atoms. The highest BCUT2D eigenvalue weighted by Gasteiger charge is 2.22. The zero-order valence-corrected chi connectivity index (χ0v) is 15.8. The van der Waals surface area contributed by atoms with E-state index in [-0.39, 0.29) is 11.9 Å². The minimum absolute atomic E-state index is 0.147. The summed E-state index contributed by atoms with van der Waals surface area (Å²) in [4.78, 5) is 28.0. The van der Waals surface area contributed by atoms with Gasteiger partial charge in [-0.15, -0.1) is 0 Å². The topological polar surface area (TPSA) is 72.9 Å². The number of aliphatic hydroxyl groups is 1. The van der Waals surface area contributed by atoms with Crippen LogP contribution in [0.2, 0.25) is 5.02 Å². The summed E-state index contributed by atoms with van der Waals surface area (Å²) in [6.07, 6.45) is 1.07. The molecule has 1 fully saturated rings. The van der Waals surface area contributed by atoms with E-state index in [1.807, 2.05) is 0 Å². The third kappa shape index (κ3) is 4.78. The van der Waals surface area contributed by atoms with E-state index in [9.17, 15) is 14.7 Å². The number of nitrogens with zero attached hydrogens (tertiary/aromatic N) is 2. The quantitative estimate of drug-likeness (QED) is 0.845. The molecule has 1 aliphatic heterocycles. The van der Waals surface area contributed by atoms with Gasteiger partial charge in [0.1, 0.15) is 0 Å². The van der Waals surface area contributed by atoms with E-state index in [1.165, 1.54) is 4.90 Å². The molecule has 1 unspecified atom stereocenters. The van der Waals surface area contributed by atoms with Gasteiger partial charge in [0.15, 0.2) is 0 Å². The number of aliphatic hydroxyl groups excluding tert-OH is 1. The van der Waals surface area contributed by atoms with Crippen molar-refractivity contribution < 1.29 is 14.7 Å². The highest BCUT2D eigenvalue weighted by atomic mass is 35.5. The average Bonchev–Trinajstić information content (AvgIpc) is 2.68. The van der Waals surface area contributed by atoms with E-state index in [0.717, 1.165) is 12.8 Å². The molecule has 0 aromatic heterocycles. The molecule has 1 atom stereocenters. The van der Waals surface area contributed by atoms with Crippen molar-refractivity contribution in [1.82, 2.24) is 4.90 Å². The second-order valence-electron chi connectivity index (χ2n) is 6.59. The van der Waals surface area contributed by atoms with Crippen molar-refractivity contribution in [2.75, 3.05) is 30.4 Å². The zero-order valence-electron chi connectivity index (χ0n) is 15.1. The third-order valence-corrected chi connectivity index (χ3v) is 4.84. The predicted octanol–water partition coefficient (Wildman–Crippen LogP) is 3.61. The van der Waals surface area contributed by atoms with Gasteiger partial charge in [0, 0.05) is 42.1 Å². The molecule has 0 spiro atoms. The molecule has 6 nitrogen and oxygen atoms in total. The van der Waals surface area contributed by atoms with Gasteiger partial charge in [-0.3, -0.25) is 4.79 Å². The van der Waals surface area contributed by atoms with Crippen LogP contribution in [0.15, 0.2) is 48.5 Å². The number of amides is 3. The normalized spacial score (nSPS) is 16.7. The Balaban J connectivity index is 1.63. The number of piperidine rings is 1. The number of rotatable bonds is 3. The first-order valence-electron chi connectivity index (χ1n) is 8.82. The Morgan fingerprint density at radius 3 is 2.44 bits per heavy atom. The Kier molecular flexibility index (Phi) is 5.98. The SMILES string of the molecule is CN(C(=O)c1ccc(Cl)cc1)c1ccc(NC(=O)N2CCCC(O)C2)cc1. The second-order valence-corrected chi connectivity index (χ2v) is 7.03. The molecule has 3 rings (SSSR count). The number of urea groups is 1. The summed E-state index contributed by atoms with van der Waals surface area (Å²) in [5.74, 6) is -0.147. The number of benzene rings is 2. The van der Waals surface area contributed by atoms with Gasteiger partial charge in [-0.25, -0.2) is 4.79 Å². The van der Waals surface area contributed by atoms with Gasteiger partial charge in [0.25, 0.3) is 5.91 Å². The van der Waals surface area contributed by atoms with E-state index in [0.29, 0.717) is 35.1 Å². The van der Waals surface area contributed by atoms with Gasteiger partial charge >= 0.3 is 6.03 Å². The first-order valence-corrected chi connectivity index (χ1v) is 9.19. The monoisotopic (exact) mass is 387 g/mol. The summed E-state index contributed by atoms with van der Waals surface area (Å²) in [6.45, 7) is 0.988. The van der Waals surface area contributed by atoms with E-state index in [1.54, 1.807) is 60.5 Å². The smallest absolute Gasteiger partial charge is 0.321 e. The van der Waals surface area contributed by atoms with Crippen molar-refractivity contribution in [3.05, 3.63) is 59.1 Å². The molecule has 7 heteroatoms. The van der Waals surface area contributed by atoms with Gasteiger partial charge in [-0.2, -0.15) is 0 Å². The molecular formula is C20H22ClN3O3. The lowest BCUT2D eigenvalue weighted by Gasteiger charge is -2.30. The number of carbonyl (C=O) groups excluding carboxylic acids is 2. The maximum Gasteiger partial charge on any atom is 0.321 e. The lowest BCUT2D eigenvalue weighted by molar-refractivity contribution is 0.0883. The molecular weight excluding hydrogens is 366 g/mol. The fraction of sp³-hybridized carbons (Fsp3) is 0.300. The lowest BCUT2D eigenvalue weighted by Crippen LogP contribution is -2.44. The van der Waals surface area contributed by atoms with Crippen LogP contribution >= 0.6 is 11.6 Å². The van der Waals surface area contributed by atoms with Crippen molar-refractivity contribution in [3.63, 3.8) is 0 Å². The van der Waals surface area contributed by atoms with E-state index in [4.69, 9.17) is 11.6 Å². The Bertz CT molecular complexity index is 808. The lowest BCUT2D eigenvalue weighted by atomic mass is 10.1. The molecule has 2 aromatic rings. The van der Waals surface area contributed by atoms with Crippen LogP contribution in [0.3, 0.4) is 0 Å². The molecule has 2 aromatic carbocycles. The van der Waals surface area contributed by atoms with Gasteiger partial charge in [-0.05, 0) is 61.4 Å². The maximum atomic E-state index is 12.5. The van der Waals surface area contributed by atoms with Crippen LogP contribution in [0.25, 0.3) is 0 Å². The summed E-state index contributed by atoms with van der Waals surface area (Å²) in [6, 6.07) is 13.5. The maximum absolute atomic E-state index is 12.5. The fourth-order valence-electron chi connectivity index (χ4n) is 3.01. The number of anilines is 2. The van der Waals surface area contributed by atoms with Crippen molar-refractivity contribution >= 4 is 34.9 Å². The molecule has 0 radical (unpaired) electrons. The number of β-amino-alcohol motifs (C(OH)–C–C–N with tert-alkyl or cyclic N) is 1. The van der Waals surface area contributed by atoms with Crippen molar-refractivity contribution in [2.24, 2.45) is 0 Å². The van der Waals surface area contributed by atoms with E-state index in [2.05, 4.69) is 5.32 Å². The number of likely N-dealkylation sites (tertiary alicyclic amines) is 1. The van der Waals surface area contributed by atoms with Crippen LogP contribution < -0.4 is 10.2 Å². The van der Waals surface area contributed by atoms with E-state index < -0.39 is 6.10 Å². The average molecular weight is 388 g/mol. The van der Waals surface area contributed by atoms with Gasteiger partial charge in [0.05, 0.1) is 6.10 Å². The Morgan fingerprint density at radius 2 is 1.81 bits per heavy atom. The highest BCUT2D eigenvalue weighted by Crippen LogP contribution is 2.20. The minimum Gasteiger partial charge on any atom is -0.391 e. The van der Waals surface area contributed by atoms with Crippen LogP contribution in [-0.4, -0.2) is 48.2 Å². The molecule has 1 aliphatic rings. The van der Waals surface area contributed by atoms with Crippen LogP contribution in [0.5, 0.6) is 0 Å². The highest BCUT2D eigenvalue weighted by molar-refractivity contribution is 6.30. The van der Waals surface area contributed by atoms with Crippen molar-refractivity contribution in [1.29, 1.82) is 0 Å². The van der Waals surface area contributed by atoms with Gasteiger partial charge < -0.3 is 20.2 Å². The first kappa shape index (κ1) is 19.2. The number of carbonyl (C=O) groups is 2. The molecule has 1 heterocycles. The summed E-state index contributed by atoms with van der Waals surface area (Å²) in [7, 11) is 1.69. The summed E-state index contributed by atoms with van der Waals surface area (Å²) in [5.41, 5.74) is 1.89. The number of nitrogens with one attached hydrogen (secondary N) is 1. The predicted molar refractivity (Wildman–Crippen MR) is 106 cm³/mol. The van der Waals surface area contributed by atoms with E-state index >= 15 is 0 Å². The summed E-state index contributed by atoms with van der Waals surface area (Å²) >= 11 is 5.86. The van der Waals surface area contributed by atoms with Crippen LogP contribution in [0.4, 0.5) is 16.2 Å². The van der Waals surface area contributed by atoms with Gasteiger partial charge in [0.2, 0.25) is 0 Å². The Labute approximate surface area is 163 Å². The molecule has 3 amide bonds. The second kappa shape index (κ2) is 8.41. The largest absolute Gasteiger partial charge is 0.391 e. The van der Waals surface area contributed by atoms with Crippen LogP contribution in [-0.2, 0) is 0 Å². The Hall–Kier alpha value is -2.57. The van der Waals surface area contributed by atoms with Crippen LogP contribution in [0, 0.1) is 0 Å². The molecule has 0 aliphatic carbocycles. The molecule has 1 saturated heterocycles. The molecule has 2 N–H and O–H groups in total. The van der Waals surface area contributed by atoms with Gasteiger partial charge in [-0.1, -0.05) is 11.6 Å². The summed E-state index contributed by atoms with van der Waals surface area (Å²) < 4.78 is 0. The molecule has 142 valence electrons. The molecule has 0 bridgehead atoms. The van der Waals surface area contributed by atoms with Crippen molar-refractivity contribution in [2.45, 2.75) is 18.9 Å². The standard InChI is InChI=1S/C20H22ClN3O3/c1-23(19(26)14-4-6-15(21)7-5-14)17-10-8-16(9-11-17)22-20(27)24-12-2-3-18(25)13-24/h4-11,18,25H,2-3,12-13H2,1H3,(H,22,27). The van der Waals surface area contributed by atoms with Crippen molar-refractivity contribution in [3.8, 4) is 0 Å². The zero-order chi connectivity index (χ0) is 19.4. The number of halogens is 1. The first-order chi connectivity index (χ1) is 12.9. The Morgan fingerprint density at radius 1 is 1.15 bits per heavy atom. The third-order valence-electron chi connectivity index (χ3n) is 4.59. The summed E-state index contributed by atoms with van der Waals surface area (Å²) in [5, 5.41) is 13.1.